The minimum atomic E-state index is -0.117. The van der Waals surface area contributed by atoms with E-state index in [0.29, 0.717) is 26.4 Å². The van der Waals surface area contributed by atoms with E-state index in [9.17, 15) is 4.79 Å². The predicted molar refractivity (Wildman–Crippen MR) is 90.6 cm³/mol. The third-order valence-electron chi connectivity index (χ3n) is 4.14. The Morgan fingerprint density at radius 1 is 1.17 bits per heavy atom. The summed E-state index contributed by atoms with van der Waals surface area (Å²) in [4.78, 5) is 15.0. The van der Waals surface area contributed by atoms with Crippen LogP contribution in [0.25, 0.3) is 0 Å². The summed E-state index contributed by atoms with van der Waals surface area (Å²) in [5, 5.41) is 3.00. The Morgan fingerprint density at radius 3 is 2.61 bits per heavy atom. The molecule has 0 bridgehead atoms. The van der Waals surface area contributed by atoms with Crippen molar-refractivity contribution in [2.24, 2.45) is 0 Å². The highest BCUT2D eigenvalue weighted by atomic mass is 16.5. The van der Waals surface area contributed by atoms with Gasteiger partial charge in [0.05, 0.1) is 25.7 Å². The average Bonchev–Trinajstić information content (AvgIpc) is 3.09. The SMILES string of the molecule is COCCOCCNC(=O)[C@H](CN1CCCC1)c1ccccc1. The number of methoxy groups -OCH3 is 1. The number of hydrogen-bond acceptors (Lipinski definition) is 4. The van der Waals surface area contributed by atoms with Crippen molar-refractivity contribution in [2.75, 3.05) is 53.1 Å². The number of nitrogens with one attached hydrogen (secondary N) is 1. The molecule has 1 aliphatic heterocycles. The Bertz CT molecular complexity index is 447. The minimum Gasteiger partial charge on any atom is -0.382 e. The smallest absolute Gasteiger partial charge is 0.228 e. The Labute approximate surface area is 139 Å². The lowest BCUT2D eigenvalue weighted by atomic mass is 9.97. The molecule has 1 atom stereocenters. The van der Waals surface area contributed by atoms with E-state index in [1.54, 1.807) is 7.11 Å². The van der Waals surface area contributed by atoms with Crippen LogP contribution in [0.3, 0.4) is 0 Å². The van der Waals surface area contributed by atoms with E-state index in [0.717, 1.165) is 25.2 Å². The Kier molecular flexibility index (Phi) is 8.07. The molecule has 0 spiro atoms. The summed E-state index contributed by atoms with van der Waals surface area (Å²) >= 11 is 0. The Hall–Kier alpha value is -1.43. The summed E-state index contributed by atoms with van der Waals surface area (Å²) in [6.07, 6.45) is 2.47. The number of hydrogen-bond donors (Lipinski definition) is 1. The van der Waals surface area contributed by atoms with Crippen molar-refractivity contribution in [3.05, 3.63) is 35.9 Å². The van der Waals surface area contributed by atoms with Crippen molar-refractivity contribution in [3.63, 3.8) is 0 Å². The zero-order valence-electron chi connectivity index (χ0n) is 14.0. The molecule has 0 unspecified atom stereocenters. The van der Waals surface area contributed by atoms with E-state index < -0.39 is 0 Å². The van der Waals surface area contributed by atoms with Crippen LogP contribution in [0, 0.1) is 0 Å². The van der Waals surface area contributed by atoms with Crippen LogP contribution in [0.4, 0.5) is 0 Å². The van der Waals surface area contributed by atoms with Crippen LogP contribution in [0.2, 0.25) is 0 Å². The molecule has 1 amide bonds. The van der Waals surface area contributed by atoms with Crippen LogP contribution < -0.4 is 5.32 Å². The third kappa shape index (κ3) is 6.29. The first kappa shape index (κ1) is 17.9. The number of amides is 1. The lowest BCUT2D eigenvalue weighted by Crippen LogP contribution is -2.38. The first-order valence-corrected chi connectivity index (χ1v) is 8.43. The van der Waals surface area contributed by atoms with E-state index in [4.69, 9.17) is 9.47 Å². The fourth-order valence-electron chi connectivity index (χ4n) is 2.86. The predicted octanol–water partition coefficient (Wildman–Crippen LogP) is 1.65. The van der Waals surface area contributed by atoms with Crippen molar-refractivity contribution in [2.45, 2.75) is 18.8 Å². The van der Waals surface area contributed by atoms with Gasteiger partial charge in [0.1, 0.15) is 0 Å². The van der Waals surface area contributed by atoms with Gasteiger partial charge in [-0.25, -0.2) is 0 Å². The number of likely N-dealkylation sites (tertiary alicyclic amines) is 1. The molecule has 1 aromatic rings. The number of carbonyl (C=O) groups excluding carboxylic acids is 1. The zero-order valence-corrected chi connectivity index (χ0v) is 14.0. The monoisotopic (exact) mass is 320 g/mol. The van der Waals surface area contributed by atoms with Gasteiger partial charge in [0.25, 0.3) is 0 Å². The van der Waals surface area contributed by atoms with Gasteiger partial charge in [0.15, 0.2) is 0 Å². The van der Waals surface area contributed by atoms with Crippen LogP contribution in [0.5, 0.6) is 0 Å². The number of benzene rings is 1. The summed E-state index contributed by atoms with van der Waals surface area (Å²) < 4.78 is 10.3. The van der Waals surface area contributed by atoms with Crippen LogP contribution in [0.1, 0.15) is 24.3 Å². The summed E-state index contributed by atoms with van der Waals surface area (Å²) in [7, 11) is 1.65. The van der Waals surface area contributed by atoms with Gasteiger partial charge in [-0.2, -0.15) is 0 Å². The normalized spacial score (nSPS) is 16.4. The van der Waals surface area contributed by atoms with E-state index >= 15 is 0 Å². The summed E-state index contributed by atoms with van der Waals surface area (Å²) in [5.74, 6) is -0.0354. The molecule has 1 aliphatic rings. The maximum atomic E-state index is 12.6. The van der Waals surface area contributed by atoms with Gasteiger partial charge < -0.3 is 19.7 Å². The standard InChI is InChI=1S/C18H28N2O3/c1-22-13-14-23-12-9-19-18(21)17(15-20-10-5-6-11-20)16-7-3-2-4-8-16/h2-4,7-8,17H,5-6,9-15H2,1H3,(H,19,21)/t17-/m1/s1. The quantitative estimate of drug-likeness (QED) is 0.666. The zero-order chi connectivity index (χ0) is 16.3. The Morgan fingerprint density at radius 2 is 1.91 bits per heavy atom. The van der Waals surface area contributed by atoms with Crippen molar-refractivity contribution >= 4 is 5.91 Å². The minimum absolute atomic E-state index is 0.0819. The summed E-state index contributed by atoms with van der Waals surface area (Å²) in [5.41, 5.74) is 1.08. The van der Waals surface area contributed by atoms with E-state index in [-0.39, 0.29) is 11.8 Å². The molecule has 23 heavy (non-hydrogen) atoms. The second kappa shape index (κ2) is 10.4. The average molecular weight is 320 g/mol. The summed E-state index contributed by atoms with van der Waals surface area (Å²) in [6, 6.07) is 10.0. The van der Waals surface area contributed by atoms with Gasteiger partial charge in [-0.15, -0.1) is 0 Å². The molecule has 5 nitrogen and oxygen atoms in total. The molecule has 1 fully saturated rings. The third-order valence-corrected chi connectivity index (χ3v) is 4.14. The molecule has 2 rings (SSSR count). The van der Waals surface area contributed by atoms with Crippen LogP contribution in [-0.4, -0.2) is 63.9 Å². The van der Waals surface area contributed by atoms with Gasteiger partial charge in [-0.3, -0.25) is 4.79 Å². The van der Waals surface area contributed by atoms with Crippen molar-refractivity contribution in [1.82, 2.24) is 10.2 Å². The van der Waals surface area contributed by atoms with Crippen LogP contribution in [0.15, 0.2) is 30.3 Å². The molecule has 128 valence electrons. The lowest BCUT2D eigenvalue weighted by molar-refractivity contribution is -0.123. The van der Waals surface area contributed by atoms with Gasteiger partial charge in [0.2, 0.25) is 5.91 Å². The molecule has 1 aromatic carbocycles. The second-order valence-electron chi connectivity index (χ2n) is 5.87. The van der Waals surface area contributed by atoms with Gasteiger partial charge in [0, 0.05) is 20.2 Å². The first-order valence-electron chi connectivity index (χ1n) is 8.43. The molecular weight excluding hydrogens is 292 g/mol. The van der Waals surface area contributed by atoms with Crippen molar-refractivity contribution in [1.29, 1.82) is 0 Å². The number of rotatable bonds is 10. The van der Waals surface area contributed by atoms with Crippen LogP contribution in [-0.2, 0) is 14.3 Å². The lowest BCUT2D eigenvalue weighted by Gasteiger charge is -2.23. The maximum absolute atomic E-state index is 12.6. The second-order valence-corrected chi connectivity index (χ2v) is 5.87. The molecule has 1 heterocycles. The van der Waals surface area contributed by atoms with E-state index in [2.05, 4.69) is 10.2 Å². The molecule has 1 N–H and O–H groups in total. The molecule has 0 saturated carbocycles. The van der Waals surface area contributed by atoms with Gasteiger partial charge >= 0.3 is 0 Å². The summed E-state index contributed by atoms with van der Waals surface area (Å²) in [6.45, 7) is 5.16. The number of carbonyl (C=O) groups is 1. The molecule has 0 radical (unpaired) electrons. The largest absolute Gasteiger partial charge is 0.382 e. The molecular formula is C18H28N2O3. The topological polar surface area (TPSA) is 50.8 Å². The van der Waals surface area contributed by atoms with Crippen LogP contribution >= 0.6 is 0 Å². The molecule has 5 heteroatoms. The fraction of sp³-hybridized carbons (Fsp3) is 0.611. The highest BCUT2D eigenvalue weighted by Crippen LogP contribution is 2.20. The van der Waals surface area contributed by atoms with E-state index in [1.165, 1.54) is 12.8 Å². The molecule has 0 aromatic heterocycles. The first-order chi connectivity index (χ1) is 11.3. The number of nitrogens with zero attached hydrogens (tertiary/aromatic N) is 1. The highest BCUT2D eigenvalue weighted by Gasteiger charge is 2.24. The van der Waals surface area contributed by atoms with Crippen molar-refractivity contribution < 1.29 is 14.3 Å². The molecule has 0 aliphatic carbocycles. The van der Waals surface area contributed by atoms with Gasteiger partial charge in [-0.1, -0.05) is 30.3 Å². The van der Waals surface area contributed by atoms with E-state index in [1.807, 2.05) is 30.3 Å². The fourth-order valence-corrected chi connectivity index (χ4v) is 2.86. The van der Waals surface area contributed by atoms with Crippen molar-refractivity contribution in [3.8, 4) is 0 Å². The Balaban J connectivity index is 1.84. The van der Waals surface area contributed by atoms with Gasteiger partial charge in [-0.05, 0) is 31.5 Å². The number of ether oxygens (including phenoxy) is 2. The maximum Gasteiger partial charge on any atom is 0.228 e. The molecule has 1 saturated heterocycles. The highest BCUT2D eigenvalue weighted by molar-refractivity contribution is 5.83.